The summed E-state index contributed by atoms with van der Waals surface area (Å²) in [5.74, 6) is -0.266. The summed E-state index contributed by atoms with van der Waals surface area (Å²) >= 11 is 0. The van der Waals surface area contributed by atoms with Crippen LogP contribution in [-0.4, -0.2) is 376 Å². The fraction of sp³-hybridized carbons (Fsp3) is 0.877. The average molecular weight is 1370 g/mol. The van der Waals surface area contributed by atoms with Gasteiger partial charge in [0.2, 0.25) is 0 Å². The Kier molecular flexibility index (Phi) is 27.2. The topological polar surface area (TPSA) is 572 Å². The van der Waals surface area contributed by atoms with Gasteiger partial charge in [0.05, 0.1) is 46.2 Å². The van der Waals surface area contributed by atoms with Crippen molar-refractivity contribution in [1.29, 1.82) is 0 Å². The number of hydrogen-bond acceptors (Lipinski definition) is 36. The van der Waals surface area contributed by atoms with Gasteiger partial charge in [0, 0.05) is 12.1 Å². The van der Waals surface area contributed by atoms with Crippen LogP contribution in [0.15, 0.2) is 24.3 Å². The number of benzene rings is 1. The van der Waals surface area contributed by atoms with E-state index in [4.69, 9.17) is 71.1 Å². The van der Waals surface area contributed by atoms with Gasteiger partial charge in [0.1, 0.15) is 177 Å². The van der Waals surface area contributed by atoms with E-state index in [0.717, 1.165) is 38.5 Å². The predicted molar refractivity (Wildman–Crippen MR) is 299 cm³/mol. The first-order valence-electron chi connectivity index (χ1n) is 31.4. The van der Waals surface area contributed by atoms with Crippen molar-refractivity contribution in [1.82, 2.24) is 5.32 Å². The first kappa shape index (κ1) is 75.3. The van der Waals surface area contributed by atoms with E-state index < -0.39 is 267 Å². The van der Waals surface area contributed by atoms with E-state index in [-0.39, 0.29) is 5.56 Å². The zero-order valence-electron chi connectivity index (χ0n) is 50.9. The summed E-state index contributed by atoms with van der Waals surface area (Å²) in [6.45, 7) is -4.49. The minimum Gasteiger partial charge on any atom is -0.494 e. The molecule has 0 aromatic heterocycles. The highest BCUT2D eigenvalue weighted by Crippen LogP contribution is 2.39. The molecule has 21 heterocycles. The molecule has 21 N–H and O–H groups in total. The molecule has 1 aromatic carbocycles. The summed E-state index contributed by atoms with van der Waals surface area (Å²) in [5, 5.41) is 227. The number of nitrogens with one attached hydrogen (secondary N) is 1. The second kappa shape index (κ2) is 34.0. The Hall–Kier alpha value is -2.87. The molecule has 21 fully saturated rings. The molecular formula is C57H91NO36. The highest BCUT2D eigenvalue weighted by atomic mass is 16.8. The molecule has 22 rings (SSSR count). The van der Waals surface area contributed by atoms with Gasteiger partial charge in [-0.1, -0.05) is 39.0 Å². The van der Waals surface area contributed by atoms with Crippen molar-refractivity contribution in [2.45, 2.75) is 260 Å². The number of aliphatic hydroxyl groups excluding tert-OH is 20. The number of hydrogen-bond donors (Lipinski definition) is 21. The van der Waals surface area contributed by atoms with Crippen LogP contribution in [0.2, 0.25) is 0 Å². The zero-order valence-corrected chi connectivity index (χ0v) is 50.9. The molecule has 1 amide bonds. The van der Waals surface area contributed by atoms with Crippen LogP contribution in [0.5, 0.6) is 5.75 Å². The Labute approximate surface area is 536 Å². The maximum atomic E-state index is 13.8. The Morgan fingerprint density at radius 1 is 0.330 bits per heavy atom. The molecule has 21 saturated heterocycles. The van der Waals surface area contributed by atoms with Crippen molar-refractivity contribution < 1.29 is 178 Å². The molecule has 94 heavy (non-hydrogen) atoms. The van der Waals surface area contributed by atoms with Crippen LogP contribution in [0.3, 0.4) is 0 Å². The maximum absolute atomic E-state index is 13.8. The molecule has 21 aliphatic rings. The van der Waals surface area contributed by atoms with Crippen LogP contribution < -0.4 is 10.1 Å². The van der Waals surface area contributed by atoms with E-state index >= 15 is 0 Å². The van der Waals surface area contributed by atoms with Crippen molar-refractivity contribution >= 4 is 5.91 Å². The molecular weight excluding hydrogens is 1270 g/mol. The Morgan fingerprint density at radius 2 is 0.564 bits per heavy atom. The number of carbonyl (C=O) groups excluding carboxylic acids is 1. The van der Waals surface area contributed by atoms with E-state index in [1.807, 2.05) is 0 Å². The summed E-state index contributed by atoms with van der Waals surface area (Å²) in [6, 6.07) is 6.03. The number of amides is 1. The SMILES string of the molecule is CCCCCCCCOc1ccc(C(=O)NC[C@H]2O[C@@H]3O[C@H]4[C@H](O)[C@@H](O)[C@@H](O[C@H]5[C@H](O)[C@@H](O)[C@@H](O[C@H]6[C@H](O)[C@@H](O)[C@@H](O[C@H]7[C@H](O)[C@@H](O)[C@@H](O[C@H]8[C@H](O)[C@@H](O)[C@@H](O[C@H]9[C@H](O)[C@@H](O)[C@@H](O[C@H]2[C@H](O)[C@H]3O)O[C@@H]9CO)O[C@@H]8CO)O[C@@H]7CO)O[C@@H]6CO)O[C@@H]5CO)O[C@@H]4CO)cc1. The molecule has 0 saturated carbocycles. The summed E-state index contributed by atoms with van der Waals surface area (Å²) < 4.78 is 87.3. The first-order valence-corrected chi connectivity index (χ1v) is 31.4. The standard InChI is InChI=1S/C57H91NO36/c1-2-3-4-5-6-7-12-80-21-10-8-20(9-11-21)50(79)58-13-22-43-29(65)36(72)51(81-22)89-44-23(14-59)83-53(38(74)31(44)67)91-46-25(16-61)85-55(40(76)33(46)69)93-48-27(18-63)87-57(42(78)35(48)71)94-49-28(19-64)86-56(41(77)34(49)70)92-47-26(17-62)84-54(39(75)32(47)68)90-45-24(15-60)82-52(88-43)37(73)30(45)66/h8-11,22-49,51-57,59-78H,2-7,12-19H2,1H3,(H,58,79)/t22-,23-,24-,25-,26-,27-,28-,29-,30-,31-,32-,33-,34-,35-,36-,37-,38-,39-,40-,41-,42-,43-,44-,45-,46-,47-,48-,49-,51-,52-,53-,54-,55-,56-,57-/m1/s1. The molecule has 0 spiro atoms. The third-order valence-corrected chi connectivity index (χ3v) is 18.0. The van der Waals surface area contributed by atoms with Gasteiger partial charge in [-0.05, 0) is 30.7 Å². The van der Waals surface area contributed by atoms with Crippen molar-refractivity contribution in [2.75, 3.05) is 52.8 Å². The van der Waals surface area contributed by atoms with Gasteiger partial charge in [0.25, 0.3) is 5.91 Å². The van der Waals surface area contributed by atoms with Gasteiger partial charge in [-0.25, -0.2) is 0 Å². The fourth-order valence-electron chi connectivity index (χ4n) is 12.5. The van der Waals surface area contributed by atoms with Crippen LogP contribution in [0.1, 0.15) is 55.8 Å². The number of unbranched alkanes of at least 4 members (excludes halogenated alkanes) is 5. The maximum Gasteiger partial charge on any atom is 0.251 e. The normalized spacial score (nSPS) is 47.4. The average Bonchev–Trinajstić information content (AvgIpc) is 0.800. The molecule has 21 aliphatic heterocycles. The predicted octanol–water partition coefficient (Wildman–Crippen LogP) is -11.1. The van der Waals surface area contributed by atoms with Crippen molar-refractivity contribution in [3.05, 3.63) is 29.8 Å². The lowest BCUT2D eigenvalue weighted by Crippen LogP contribution is -2.68. The number of aliphatic hydroxyl groups is 20. The van der Waals surface area contributed by atoms with E-state index in [1.165, 1.54) is 12.1 Å². The highest BCUT2D eigenvalue weighted by molar-refractivity contribution is 5.94. The minimum atomic E-state index is -2.26. The quantitative estimate of drug-likeness (QED) is 0.0644. The van der Waals surface area contributed by atoms with E-state index in [9.17, 15) is 107 Å². The Bertz CT molecular complexity index is 2430. The smallest absolute Gasteiger partial charge is 0.251 e. The van der Waals surface area contributed by atoms with E-state index in [0.29, 0.717) is 12.4 Å². The monoisotopic (exact) mass is 1370 g/mol. The highest BCUT2D eigenvalue weighted by Gasteiger charge is 2.60. The van der Waals surface area contributed by atoms with Gasteiger partial charge in [-0.2, -0.15) is 0 Å². The third kappa shape index (κ3) is 16.5. The Balaban J connectivity index is 0.991. The summed E-state index contributed by atoms with van der Waals surface area (Å²) in [4.78, 5) is 13.8. The molecule has 14 bridgehead atoms. The van der Waals surface area contributed by atoms with Crippen LogP contribution in [0.4, 0.5) is 0 Å². The van der Waals surface area contributed by atoms with Gasteiger partial charge >= 0.3 is 0 Å². The molecule has 37 nitrogen and oxygen atoms in total. The lowest BCUT2D eigenvalue weighted by atomic mass is 9.95. The van der Waals surface area contributed by atoms with Gasteiger partial charge < -0.3 is 179 Å². The van der Waals surface area contributed by atoms with E-state index in [1.54, 1.807) is 12.1 Å². The van der Waals surface area contributed by atoms with Gasteiger partial charge in [-0.15, -0.1) is 0 Å². The second-order valence-electron chi connectivity index (χ2n) is 24.3. The van der Waals surface area contributed by atoms with Crippen molar-refractivity contribution in [3.63, 3.8) is 0 Å². The Morgan fingerprint density at radius 3 is 0.819 bits per heavy atom. The van der Waals surface area contributed by atoms with Crippen LogP contribution in [0.25, 0.3) is 0 Å². The van der Waals surface area contributed by atoms with Crippen LogP contribution >= 0.6 is 0 Å². The molecule has 1 aromatic rings. The number of rotatable bonds is 17. The molecule has 0 aliphatic carbocycles. The van der Waals surface area contributed by atoms with E-state index in [2.05, 4.69) is 12.2 Å². The van der Waals surface area contributed by atoms with Crippen LogP contribution in [0, 0.1) is 0 Å². The third-order valence-electron chi connectivity index (χ3n) is 18.0. The summed E-state index contributed by atoms with van der Waals surface area (Å²) in [7, 11) is 0. The summed E-state index contributed by atoms with van der Waals surface area (Å²) in [6.07, 6.45) is -65.2. The minimum absolute atomic E-state index is 0.0953. The largest absolute Gasteiger partial charge is 0.494 e. The number of ether oxygens (including phenoxy) is 15. The summed E-state index contributed by atoms with van der Waals surface area (Å²) in [5.41, 5.74) is 0.0953. The molecule has 37 heteroatoms. The molecule has 0 unspecified atom stereocenters. The second-order valence-corrected chi connectivity index (χ2v) is 24.3. The van der Waals surface area contributed by atoms with Crippen molar-refractivity contribution in [3.8, 4) is 5.75 Å². The molecule has 35 atom stereocenters. The van der Waals surface area contributed by atoms with Crippen LogP contribution in [-0.2, 0) is 66.3 Å². The fourth-order valence-corrected chi connectivity index (χ4v) is 12.5. The lowest BCUT2D eigenvalue weighted by molar-refractivity contribution is -0.396. The van der Waals surface area contributed by atoms with Gasteiger partial charge in [0.15, 0.2) is 44.0 Å². The lowest BCUT2D eigenvalue weighted by Gasteiger charge is -2.50. The van der Waals surface area contributed by atoms with Crippen molar-refractivity contribution in [2.24, 2.45) is 0 Å². The number of carbonyl (C=O) groups is 1. The zero-order chi connectivity index (χ0) is 68.0. The molecule has 540 valence electrons. The van der Waals surface area contributed by atoms with Gasteiger partial charge in [-0.3, -0.25) is 4.79 Å². The molecule has 0 radical (unpaired) electrons. The first-order chi connectivity index (χ1) is 45.0.